The number of nitrogens with zero attached hydrogens (tertiary/aromatic N) is 5. The van der Waals surface area contributed by atoms with E-state index in [-0.39, 0.29) is 23.5 Å². The van der Waals surface area contributed by atoms with Gasteiger partial charge < -0.3 is 15.4 Å². The molecule has 0 bridgehead atoms. The number of aryl methyl sites for hydroxylation is 1. The van der Waals surface area contributed by atoms with E-state index in [1.165, 1.54) is 18.3 Å². The first-order valence-corrected chi connectivity index (χ1v) is 9.25. The van der Waals surface area contributed by atoms with Crippen LogP contribution in [0.5, 0.6) is 0 Å². The molecule has 3 aromatic rings. The summed E-state index contributed by atoms with van der Waals surface area (Å²) in [6.07, 6.45) is -0.351. The highest BCUT2D eigenvalue weighted by atomic mass is 19.3. The fraction of sp³-hybridized carbons (Fsp3) is 0.316. The zero-order chi connectivity index (χ0) is 21.3. The lowest BCUT2D eigenvalue weighted by Crippen LogP contribution is -2.31. The second-order valence-electron chi connectivity index (χ2n) is 7.02. The van der Waals surface area contributed by atoms with Crippen LogP contribution in [0.15, 0.2) is 36.7 Å². The Bertz CT molecular complexity index is 1070. The number of carbonyl (C=O) groups excluding carboxylic acids is 1. The standard InChI is InChI=1S/C19H19F2N7O2/c1-10-5-13(14-8-28(27-26-14)9-15-11(2)23-19(29)30-15)24-17(6-10)25-16-7-12(18(20)21)3-4-22-16/h3-8,11,15,18H,9H2,1-2H3,(H,23,29)(H,22,24,25)/t11-,15+/m0/s1. The number of pyridine rings is 2. The summed E-state index contributed by atoms with van der Waals surface area (Å²) >= 11 is 0. The van der Waals surface area contributed by atoms with Gasteiger partial charge in [0.1, 0.15) is 23.4 Å². The van der Waals surface area contributed by atoms with Crippen molar-refractivity contribution >= 4 is 17.7 Å². The Morgan fingerprint density at radius 3 is 2.83 bits per heavy atom. The molecular formula is C19H19F2N7O2. The number of amides is 1. The van der Waals surface area contributed by atoms with E-state index < -0.39 is 12.5 Å². The monoisotopic (exact) mass is 415 g/mol. The Labute approximate surface area is 170 Å². The van der Waals surface area contributed by atoms with Crippen LogP contribution in [0, 0.1) is 6.92 Å². The molecule has 11 heteroatoms. The molecule has 1 saturated heterocycles. The van der Waals surface area contributed by atoms with E-state index in [9.17, 15) is 13.6 Å². The molecule has 2 atom stereocenters. The number of anilines is 2. The minimum atomic E-state index is -2.58. The summed E-state index contributed by atoms with van der Waals surface area (Å²) in [5.41, 5.74) is 1.86. The van der Waals surface area contributed by atoms with Crippen molar-refractivity contribution < 1.29 is 18.3 Å². The highest BCUT2D eigenvalue weighted by Crippen LogP contribution is 2.24. The first-order valence-electron chi connectivity index (χ1n) is 9.25. The zero-order valence-electron chi connectivity index (χ0n) is 16.2. The number of nitrogens with one attached hydrogen (secondary N) is 2. The number of rotatable bonds is 6. The van der Waals surface area contributed by atoms with Crippen LogP contribution in [0.4, 0.5) is 25.2 Å². The zero-order valence-corrected chi connectivity index (χ0v) is 16.2. The van der Waals surface area contributed by atoms with E-state index >= 15 is 0 Å². The minimum Gasteiger partial charge on any atom is -0.442 e. The average Bonchev–Trinajstić information content (AvgIpc) is 3.28. The number of hydrogen-bond acceptors (Lipinski definition) is 7. The molecule has 0 radical (unpaired) electrons. The second kappa shape index (κ2) is 8.01. The van der Waals surface area contributed by atoms with Crippen molar-refractivity contribution in [3.05, 3.63) is 47.8 Å². The summed E-state index contributed by atoms with van der Waals surface area (Å²) in [4.78, 5) is 19.9. The highest BCUT2D eigenvalue weighted by Gasteiger charge is 2.31. The molecule has 0 aromatic carbocycles. The molecule has 0 spiro atoms. The maximum atomic E-state index is 12.9. The number of alkyl halides is 2. The van der Waals surface area contributed by atoms with Gasteiger partial charge in [-0.2, -0.15) is 0 Å². The number of carbonyl (C=O) groups is 1. The summed E-state index contributed by atoms with van der Waals surface area (Å²) in [6.45, 7) is 4.09. The van der Waals surface area contributed by atoms with Gasteiger partial charge in [0.05, 0.1) is 24.5 Å². The smallest absolute Gasteiger partial charge is 0.407 e. The molecule has 1 aliphatic rings. The van der Waals surface area contributed by atoms with Gasteiger partial charge in [0, 0.05) is 11.8 Å². The molecule has 4 heterocycles. The predicted molar refractivity (Wildman–Crippen MR) is 103 cm³/mol. The van der Waals surface area contributed by atoms with Crippen LogP contribution >= 0.6 is 0 Å². The molecule has 1 aliphatic heterocycles. The van der Waals surface area contributed by atoms with Crippen molar-refractivity contribution in [2.24, 2.45) is 0 Å². The number of hydrogen-bond donors (Lipinski definition) is 2. The Kier molecular flexibility index (Phi) is 5.25. The van der Waals surface area contributed by atoms with Crippen molar-refractivity contribution in [3.8, 4) is 11.4 Å². The van der Waals surface area contributed by atoms with E-state index in [1.807, 2.05) is 19.9 Å². The third kappa shape index (κ3) is 4.34. The fourth-order valence-electron chi connectivity index (χ4n) is 3.08. The second-order valence-corrected chi connectivity index (χ2v) is 7.02. The van der Waals surface area contributed by atoms with Crippen LogP contribution in [0.1, 0.15) is 24.5 Å². The summed E-state index contributed by atoms with van der Waals surface area (Å²) in [5, 5.41) is 13.9. The molecule has 4 rings (SSSR count). The fourth-order valence-corrected chi connectivity index (χ4v) is 3.08. The quantitative estimate of drug-likeness (QED) is 0.637. The molecule has 0 unspecified atom stereocenters. The lowest BCUT2D eigenvalue weighted by atomic mass is 10.2. The van der Waals surface area contributed by atoms with Crippen LogP contribution < -0.4 is 10.6 Å². The summed E-state index contributed by atoms with van der Waals surface area (Å²) in [5.74, 6) is 0.714. The number of ether oxygens (including phenoxy) is 1. The predicted octanol–water partition coefficient (Wildman–Crippen LogP) is 3.22. The Hall–Kier alpha value is -3.63. The normalized spacial score (nSPS) is 18.4. The number of cyclic esters (lactones) is 1. The van der Waals surface area contributed by atoms with Crippen LogP contribution in [-0.4, -0.2) is 43.2 Å². The van der Waals surface area contributed by atoms with Crippen molar-refractivity contribution in [2.75, 3.05) is 5.32 Å². The summed E-state index contributed by atoms with van der Waals surface area (Å²) in [7, 11) is 0. The molecule has 156 valence electrons. The van der Waals surface area contributed by atoms with E-state index in [2.05, 4.69) is 30.9 Å². The first kappa shape index (κ1) is 19.7. The molecule has 2 N–H and O–H groups in total. The Morgan fingerprint density at radius 1 is 1.27 bits per heavy atom. The molecule has 9 nitrogen and oxygen atoms in total. The third-order valence-electron chi connectivity index (χ3n) is 4.59. The van der Waals surface area contributed by atoms with Crippen molar-refractivity contribution in [3.63, 3.8) is 0 Å². The van der Waals surface area contributed by atoms with Gasteiger partial charge in [0.2, 0.25) is 0 Å². The molecular weight excluding hydrogens is 396 g/mol. The average molecular weight is 415 g/mol. The van der Waals surface area contributed by atoms with Gasteiger partial charge in [-0.25, -0.2) is 28.2 Å². The Balaban J connectivity index is 1.53. The maximum Gasteiger partial charge on any atom is 0.407 e. The van der Waals surface area contributed by atoms with Gasteiger partial charge in [-0.15, -0.1) is 5.10 Å². The van der Waals surface area contributed by atoms with E-state index in [0.717, 1.165) is 5.56 Å². The molecule has 1 fully saturated rings. The summed E-state index contributed by atoms with van der Waals surface area (Å²) in [6, 6.07) is 6.02. The molecule has 0 saturated carbocycles. The van der Waals surface area contributed by atoms with Crippen molar-refractivity contribution in [1.29, 1.82) is 0 Å². The van der Waals surface area contributed by atoms with E-state index in [4.69, 9.17) is 4.74 Å². The minimum absolute atomic E-state index is 0.125. The molecule has 0 aliphatic carbocycles. The van der Waals surface area contributed by atoms with Crippen molar-refractivity contribution in [1.82, 2.24) is 30.3 Å². The highest BCUT2D eigenvalue weighted by molar-refractivity contribution is 5.70. The lowest BCUT2D eigenvalue weighted by Gasteiger charge is -2.11. The first-order chi connectivity index (χ1) is 14.4. The van der Waals surface area contributed by atoms with Crippen LogP contribution in [0.25, 0.3) is 11.4 Å². The summed E-state index contributed by atoms with van der Waals surface area (Å²) < 4.78 is 32.6. The van der Waals surface area contributed by atoms with Crippen LogP contribution in [-0.2, 0) is 11.3 Å². The van der Waals surface area contributed by atoms with Gasteiger partial charge >= 0.3 is 6.09 Å². The van der Waals surface area contributed by atoms with Crippen LogP contribution in [0.3, 0.4) is 0 Å². The van der Waals surface area contributed by atoms with Gasteiger partial charge in [0.25, 0.3) is 6.43 Å². The molecule has 3 aromatic heterocycles. The molecule has 30 heavy (non-hydrogen) atoms. The maximum absolute atomic E-state index is 12.9. The number of halogens is 2. The Morgan fingerprint density at radius 2 is 2.10 bits per heavy atom. The third-order valence-corrected chi connectivity index (χ3v) is 4.59. The van der Waals surface area contributed by atoms with Crippen molar-refractivity contribution in [2.45, 2.75) is 39.0 Å². The molecule has 1 amide bonds. The van der Waals surface area contributed by atoms with Crippen LogP contribution in [0.2, 0.25) is 0 Å². The topological polar surface area (TPSA) is 107 Å². The van der Waals surface area contributed by atoms with E-state index in [0.29, 0.717) is 23.8 Å². The van der Waals surface area contributed by atoms with E-state index in [1.54, 1.807) is 16.9 Å². The number of aromatic nitrogens is 5. The van der Waals surface area contributed by atoms with Gasteiger partial charge in [0.15, 0.2) is 0 Å². The lowest BCUT2D eigenvalue weighted by molar-refractivity contribution is 0.119. The van der Waals surface area contributed by atoms with Gasteiger partial charge in [-0.1, -0.05) is 5.21 Å². The largest absolute Gasteiger partial charge is 0.442 e. The van der Waals surface area contributed by atoms with Gasteiger partial charge in [-0.05, 0) is 43.7 Å². The van der Waals surface area contributed by atoms with Gasteiger partial charge in [-0.3, -0.25) is 0 Å². The number of alkyl carbamates (subject to hydrolysis) is 1. The SMILES string of the molecule is Cc1cc(Nc2cc(C(F)F)ccn2)nc(-c2cn(C[C@H]3OC(=O)N[C@H]3C)nn2)c1.